The van der Waals surface area contributed by atoms with Crippen molar-refractivity contribution in [2.75, 3.05) is 18.4 Å². The number of hydrogen-bond donors (Lipinski definition) is 2. The second kappa shape index (κ2) is 5.68. The van der Waals surface area contributed by atoms with Gasteiger partial charge in [-0.1, -0.05) is 0 Å². The number of nitrogens with zero attached hydrogens (tertiary/aromatic N) is 2. The van der Waals surface area contributed by atoms with Gasteiger partial charge in [-0.15, -0.1) is 0 Å². The molecule has 18 heavy (non-hydrogen) atoms. The highest BCUT2D eigenvalue weighted by Gasteiger charge is 2.23. The topological polar surface area (TPSA) is 78.1 Å². The lowest BCUT2D eigenvalue weighted by Crippen LogP contribution is -2.40. The molecule has 1 aliphatic heterocycles. The zero-order chi connectivity index (χ0) is 13.1. The first kappa shape index (κ1) is 13.3. The minimum atomic E-state index is -0.370. The van der Waals surface area contributed by atoms with Crippen LogP contribution in [0, 0.1) is 3.57 Å². The second-order valence-corrected chi connectivity index (χ2v) is 5.37. The summed E-state index contributed by atoms with van der Waals surface area (Å²) < 4.78 is 0.469. The van der Waals surface area contributed by atoms with Crippen LogP contribution in [0.5, 0.6) is 0 Å². The van der Waals surface area contributed by atoms with Gasteiger partial charge in [-0.25, -0.2) is 4.98 Å². The van der Waals surface area contributed by atoms with Crippen LogP contribution in [0.1, 0.15) is 19.8 Å². The first-order valence-corrected chi connectivity index (χ1v) is 6.96. The summed E-state index contributed by atoms with van der Waals surface area (Å²) in [6, 6.07) is -0.370. The predicted octanol–water partition coefficient (Wildman–Crippen LogP) is 0.797. The van der Waals surface area contributed by atoms with Crippen LogP contribution in [0.3, 0.4) is 0 Å². The Bertz CT molecular complexity index is 496. The monoisotopic (exact) mass is 362 g/mol. The van der Waals surface area contributed by atoms with Gasteiger partial charge < -0.3 is 15.2 Å². The fraction of sp³-hybridized carbons (Fsp3) is 0.545. The molecule has 0 spiro atoms. The third-order valence-corrected chi connectivity index (χ3v) is 3.94. The van der Waals surface area contributed by atoms with Crippen molar-refractivity contribution >= 4 is 34.3 Å². The van der Waals surface area contributed by atoms with Gasteiger partial charge in [0.15, 0.2) is 0 Å². The van der Waals surface area contributed by atoms with E-state index in [0.717, 1.165) is 25.9 Å². The molecule has 6 nitrogen and oxygen atoms in total. The Morgan fingerprint density at radius 1 is 1.56 bits per heavy atom. The smallest absolute Gasteiger partial charge is 0.266 e. The van der Waals surface area contributed by atoms with Crippen molar-refractivity contribution in [3.63, 3.8) is 0 Å². The number of anilines is 1. The average Bonchev–Trinajstić information content (AvgIpc) is 2.87. The first-order chi connectivity index (χ1) is 8.59. The van der Waals surface area contributed by atoms with Gasteiger partial charge in [-0.2, -0.15) is 0 Å². The molecule has 1 saturated heterocycles. The minimum absolute atomic E-state index is 0.0605. The fourth-order valence-electron chi connectivity index (χ4n) is 1.96. The molecule has 7 heteroatoms. The lowest BCUT2D eigenvalue weighted by Gasteiger charge is -2.21. The number of carbonyl (C=O) groups is 1. The molecule has 0 aliphatic carbocycles. The summed E-state index contributed by atoms with van der Waals surface area (Å²) in [5.74, 6) is 0.518. The summed E-state index contributed by atoms with van der Waals surface area (Å²) in [6.07, 6.45) is 3.47. The van der Waals surface area contributed by atoms with Gasteiger partial charge in [0.2, 0.25) is 5.91 Å². The zero-order valence-corrected chi connectivity index (χ0v) is 12.2. The molecule has 0 saturated carbocycles. The lowest BCUT2D eigenvalue weighted by atomic mass is 10.3. The molecular formula is C11H15IN4O2. The SMILES string of the molecule is CC(Nc1nc[nH]c(=O)c1I)C(=O)N1CCCC1. The van der Waals surface area contributed by atoms with Crippen LogP contribution in [0.4, 0.5) is 5.82 Å². The summed E-state index contributed by atoms with van der Waals surface area (Å²) in [7, 11) is 0. The number of halogens is 1. The van der Waals surface area contributed by atoms with Crippen LogP contribution in [-0.4, -0.2) is 39.9 Å². The van der Waals surface area contributed by atoms with Gasteiger partial charge in [0.05, 0.1) is 6.33 Å². The molecule has 2 N–H and O–H groups in total. The molecule has 0 bridgehead atoms. The molecular weight excluding hydrogens is 347 g/mol. The van der Waals surface area contributed by atoms with Crippen molar-refractivity contribution in [3.8, 4) is 0 Å². The van der Waals surface area contributed by atoms with E-state index in [2.05, 4.69) is 15.3 Å². The van der Waals surface area contributed by atoms with Gasteiger partial charge in [-0.05, 0) is 42.4 Å². The molecule has 2 heterocycles. The number of rotatable bonds is 3. The van der Waals surface area contributed by atoms with E-state index < -0.39 is 0 Å². The third kappa shape index (κ3) is 2.82. The first-order valence-electron chi connectivity index (χ1n) is 5.88. The molecule has 0 aromatic carbocycles. The Balaban J connectivity index is 2.06. The number of aromatic nitrogens is 2. The highest BCUT2D eigenvalue weighted by molar-refractivity contribution is 14.1. The van der Waals surface area contributed by atoms with E-state index in [1.54, 1.807) is 6.92 Å². The maximum atomic E-state index is 12.1. The van der Waals surface area contributed by atoms with Crippen molar-refractivity contribution in [2.24, 2.45) is 0 Å². The van der Waals surface area contributed by atoms with Gasteiger partial charge in [0, 0.05) is 13.1 Å². The summed E-state index contributed by atoms with van der Waals surface area (Å²) in [4.78, 5) is 31.9. The predicted molar refractivity (Wildman–Crippen MR) is 76.5 cm³/mol. The van der Waals surface area contributed by atoms with Crippen molar-refractivity contribution in [2.45, 2.75) is 25.8 Å². The summed E-state index contributed by atoms with van der Waals surface area (Å²) in [6.45, 7) is 3.44. The van der Waals surface area contributed by atoms with Gasteiger partial charge in [0.1, 0.15) is 15.4 Å². The Kier molecular flexibility index (Phi) is 4.20. The number of aromatic amines is 1. The van der Waals surface area contributed by atoms with E-state index in [1.807, 2.05) is 27.5 Å². The molecule has 1 unspecified atom stereocenters. The second-order valence-electron chi connectivity index (χ2n) is 4.29. The standard InChI is InChI=1S/C11H15IN4O2/c1-7(11(18)16-4-2-3-5-16)15-9-8(12)10(17)14-6-13-9/h6-7H,2-5H2,1H3,(H2,13,14,15,17). The number of hydrogen-bond acceptors (Lipinski definition) is 4. The van der Waals surface area contributed by atoms with E-state index in [1.165, 1.54) is 6.33 Å². The van der Waals surface area contributed by atoms with E-state index in [0.29, 0.717) is 9.39 Å². The number of likely N-dealkylation sites (tertiary alicyclic amines) is 1. The van der Waals surface area contributed by atoms with Gasteiger partial charge in [0.25, 0.3) is 5.56 Å². The number of carbonyl (C=O) groups excluding carboxylic acids is 1. The fourth-order valence-corrected chi connectivity index (χ4v) is 2.41. The molecule has 2 rings (SSSR count). The Labute approximate surface area is 118 Å². The van der Waals surface area contributed by atoms with Gasteiger partial charge in [-0.3, -0.25) is 9.59 Å². The van der Waals surface area contributed by atoms with Crippen molar-refractivity contribution < 1.29 is 4.79 Å². The largest absolute Gasteiger partial charge is 0.358 e. The molecule has 98 valence electrons. The molecule has 1 fully saturated rings. The van der Waals surface area contributed by atoms with E-state index in [4.69, 9.17) is 0 Å². The van der Waals surface area contributed by atoms with Crippen LogP contribution >= 0.6 is 22.6 Å². The molecule has 1 atom stereocenters. The quantitative estimate of drug-likeness (QED) is 0.780. The average molecular weight is 362 g/mol. The van der Waals surface area contributed by atoms with E-state index in [9.17, 15) is 9.59 Å². The molecule has 1 aromatic heterocycles. The van der Waals surface area contributed by atoms with Crippen LogP contribution in [0.15, 0.2) is 11.1 Å². The molecule has 0 radical (unpaired) electrons. The number of amides is 1. The maximum Gasteiger partial charge on any atom is 0.266 e. The van der Waals surface area contributed by atoms with Crippen molar-refractivity contribution in [1.29, 1.82) is 0 Å². The van der Waals surface area contributed by atoms with Gasteiger partial charge >= 0.3 is 0 Å². The Hall–Kier alpha value is -1.12. The van der Waals surface area contributed by atoms with Crippen molar-refractivity contribution in [1.82, 2.24) is 14.9 Å². The lowest BCUT2D eigenvalue weighted by molar-refractivity contribution is -0.130. The van der Waals surface area contributed by atoms with Crippen LogP contribution in [-0.2, 0) is 4.79 Å². The highest BCUT2D eigenvalue weighted by Crippen LogP contribution is 2.13. The molecule has 1 amide bonds. The normalized spacial score (nSPS) is 16.7. The maximum absolute atomic E-state index is 12.1. The van der Waals surface area contributed by atoms with E-state index in [-0.39, 0.29) is 17.5 Å². The highest BCUT2D eigenvalue weighted by atomic mass is 127. The van der Waals surface area contributed by atoms with E-state index >= 15 is 0 Å². The van der Waals surface area contributed by atoms with Crippen LogP contribution < -0.4 is 10.9 Å². The molecule has 1 aliphatic rings. The number of nitrogens with one attached hydrogen (secondary N) is 2. The summed E-state index contributed by atoms with van der Waals surface area (Å²) >= 11 is 1.92. The Morgan fingerprint density at radius 3 is 2.89 bits per heavy atom. The minimum Gasteiger partial charge on any atom is -0.358 e. The summed E-state index contributed by atoms with van der Waals surface area (Å²) in [5.41, 5.74) is -0.200. The molecule has 1 aromatic rings. The van der Waals surface area contributed by atoms with Crippen LogP contribution in [0.2, 0.25) is 0 Å². The van der Waals surface area contributed by atoms with Crippen LogP contribution in [0.25, 0.3) is 0 Å². The number of H-pyrrole nitrogens is 1. The summed E-state index contributed by atoms with van der Waals surface area (Å²) in [5, 5.41) is 3.00. The third-order valence-electron chi connectivity index (χ3n) is 2.94. The van der Waals surface area contributed by atoms with Crippen molar-refractivity contribution in [3.05, 3.63) is 20.3 Å². The zero-order valence-electron chi connectivity index (χ0n) is 10.1. The Morgan fingerprint density at radius 2 is 2.22 bits per heavy atom.